The third kappa shape index (κ3) is 7.84. The number of rotatable bonds is 10. The number of anilines is 2. The summed E-state index contributed by atoms with van der Waals surface area (Å²) in [4.78, 5) is 39.4. The van der Waals surface area contributed by atoms with Gasteiger partial charge in [0.2, 0.25) is 5.91 Å². The average molecular weight is 557 g/mol. The van der Waals surface area contributed by atoms with Crippen LogP contribution in [0.15, 0.2) is 100 Å². The highest BCUT2D eigenvalue weighted by atomic mass is 32.2. The van der Waals surface area contributed by atoms with Crippen molar-refractivity contribution in [1.29, 1.82) is 0 Å². The quantitative estimate of drug-likeness (QED) is 0.174. The summed E-state index contributed by atoms with van der Waals surface area (Å²) in [6.07, 6.45) is 1.59. The summed E-state index contributed by atoms with van der Waals surface area (Å²) >= 11 is 1.36. The first-order chi connectivity index (χ1) is 19.3. The lowest BCUT2D eigenvalue weighted by Crippen LogP contribution is -2.30. The van der Waals surface area contributed by atoms with Gasteiger partial charge in [0.25, 0.3) is 11.8 Å². The van der Waals surface area contributed by atoms with Gasteiger partial charge in [-0.2, -0.15) is 0 Å². The van der Waals surface area contributed by atoms with Crippen LogP contribution >= 0.6 is 11.8 Å². The van der Waals surface area contributed by atoms with Crippen LogP contribution in [0.25, 0.3) is 6.08 Å². The fourth-order valence-corrected chi connectivity index (χ4v) is 4.40. The first-order valence-corrected chi connectivity index (χ1v) is 13.2. The molecule has 0 spiro atoms. The Morgan fingerprint density at radius 3 is 2.27 bits per heavy atom. The van der Waals surface area contributed by atoms with Crippen molar-refractivity contribution in [3.63, 3.8) is 0 Å². The normalized spacial score (nSPS) is 11.8. The number of methoxy groups -OCH3 is 1. The van der Waals surface area contributed by atoms with Crippen molar-refractivity contribution in [2.24, 2.45) is 0 Å². The van der Waals surface area contributed by atoms with Gasteiger partial charge in [0, 0.05) is 22.2 Å². The summed E-state index contributed by atoms with van der Waals surface area (Å²) in [5.74, 6) is 0.542. The summed E-state index contributed by atoms with van der Waals surface area (Å²) < 4.78 is 10.2. The molecule has 1 unspecified atom stereocenters. The molecule has 1 heterocycles. The van der Waals surface area contributed by atoms with Gasteiger partial charge in [-0.05, 0) is 74.0 Å². The number of nitrogens with zero attached hydrogens (tertiary/aromatic N) is 1. The first kappa shape index (κ1) is 28.2. The molecular formula is C30H28N4O5S. The summed E-state index contributed by atoms with van der Waals surface area (Å²) in [5.41, 5.74) is 1.73. The molecule has 1 aromatic heterocycles. The van der Waals surface area contributed by atoms with E-state index in [0.29, 0.717) is 34.1 Å². The molecular weight excluding hydrogens is 528 g/mol. The van der Waals surface area contributed by atoms with E-state index < -0.39 is 17.1 Å². The highest BCUT2D eigenvalue weighted by molar-refractivity contribution is 8.00. The highest BCUT2D eigenvalue weighted by Crippen LogP contribution is 2.26. The monoisotopic (exact) mass is 556 g/mol. The second-order valence-electron chi connectivity index (χ2n) is 8.70. The number of benzene rings is 3. The topological polar surface area (TPSA) is 123 Å². The number of thioether (sulfide) groups is 1. The van der Waals surface area contributed by atoms with Crippen molar-refractivity contribution in [2.45, 2.75) is 24.0 Å². The Hall–Kier alpha value is -4.83. The lowest BCUT2D eigenvalue weighted by molar-refractivity contribution is -0.115. The van der Waals surface area contributed by atoms with Crippen molar-refractivity contribution in [3.8, 4) is 5.75 Å². The zero-order valence-electron chi connectivity index (χ0n) is 22.1. The summed E-state index contributed by atoms with van der Waals surface area (Å²) in [6.45, 7) is 3.53. The molecule has 0 saturated heterocycles. The van der Waals surface area contributed by atoms with Crippen LogP contribution in [0, 0.1) is 6.92 Å². The molecule has 3 N–H and O–H groups in total. The van der Waals surface area contributed by atoms with E-state index in [1.54, 1.807) is 106 Å². The van der Waals surface area contributed by atoms with Crippen molar-refractivity contribution in [3.05, 3.63) is 108 Å². The maximum absolute atomic E-state index is 13.2. The van der Waals surface area contributed by atoms with Crippen molar-refractivity contribution >= 4 is 47.1 Å². The molecule has 1 atom stereocenters. The zero-order chi connectivity index (χ0) is 28.5. The second kappa shape index (κ2) is 13.3. The van der Waals surface area contributed by atoms with Crippen LogP contribution in [0.3, 0.4) is 0 Å². The Kier molecular flexibility index (Phi) is 9.37. The summed E-state index contributed by atoms with van der Waals surface area (Å²) in [7, 11) is 1.57. The van der Waals surface area contributed by atoms with E-state index >= 15 is 0 Å². The molecule has 0 aliphatic rings. The SMILES string of the molecule is COc1ccc(/C=C(\NC(=O)c2ccccc2)C(=O)Nc2ccc(SC(C)C(=O)Nc3cc(C)on3)cc2)cc1. The minimum absolute atomic E-state index is 0.0749. The molecule has 3 aromatic carbocycles. The number of carbonyl (C=O) groups excluding carboxylic acids is 3. The highest BCUT2D eigenvalue weighted by Gasteiger charge is 2.17. The molecule has 4 rings (SSSR count). The van der Waals surface area contributed by atoms with Gasteiger partial charge in [-0.1, -0.05) is 35.5 Å². The zero-order valence-corrected chi connectivity index (χ0v) is 23.0. The molecule has 0 saturated carbocycles. The number of amides is 3. The van der Waals surface area contributed by atoms with Crippen LogP contribution in [-0.2, 0) is 9.59 Å². The second-order valence-corrected chi connectivity index (χ2v) is 10.1. The number of ether oxygens (including phenoxy) is 1. The Morgan fingerprint density at radius 2 is 1.65 bits per heavy atom. The molecule has 0 radical (unpaired) electrons. The van der Waals surface area contributed by atoms with E-state index in [1.807, 2.05) is 6.07 Å². The lowest BCUT2D eigenvalue weighted by Gasteiger charge is -2.13. The van der Waals surface area contributed by atoms with Crippen molar-refractivity contribution in [1.82, 2.24) is 10.5 Å². The van der Waals surface area contributed by atoms with Gasteiger partial charge < -0.3 is 25.2 Å². The van der Waals surface area contributed by atoms with Gasteiger partial charge in [0.1, 0.15) is 17.2 Å². The molecule has 0 aliphatic heterocycles. The predicted molar refractivity (Wildman–Crippen MR) is 155 cm³/mol. The predicted octanol–water partition coefficient (Wildman–Crippen LogP) is 5.52. The lowest BCUT2D eigenvalue weighted by atomic mass is 10.1. The number of aromatic nitrogens is 1. The third-order valence-electron chi connectivity index (χ3n) is 5.63. The Labute approximate surface area is 236 Å². The Bertz CT molecular complexity index is 1500. The van der Waals surface area contributed by atoms with Crippen LogP contribution in [0.4, 0.5) is 11.5 Å². The minimum Gasteiger partial charge on any atom is -0.497 e. The Morgan fingerprint density at radius 1 is 0.950 bits per heavy atom. The molecule has 3 amide bonds. The van der Waals surface area contributed by atoms with Crippen molar-refractivity contribution in [2.75, 3.05) is 17.7 Å². The average Bonchev–Trinajstić information content (AvgIpc) is 3.38. The van der Waals surface area contributed by atoms with Crippen LogP contribution in [0.1, 0.15) is 28.6 Å². The molecule has 0 bridgehead atoms. The molecule has 0 aliphatic carbocycles. The van der Waals surface area contributed by atoms with Crippen LogP contribution in [0.2, 0.25) is 0 Å². The molecule has 10 heteroatoms. The van der Waals surface area contributed by atoms with Gasteiger partial charge >= 0.3 is 0 Å². The molecule has 204 valence electrons. The molecule has 0 fully saturated rings. The van der Waals surface area contributed by atoms with Gasteiger partial charge in [0.05, 0.1) is 12.4 Å². The summed E-state index contributed by atoms with van der Waals surface area (Å²) in [5, 5.41) is 11.6. The fraction of sp³-hybridized carbons (Fsp3) is 0.133. The molecule has 4 aromatic rings. The maximum Gasteiger partial charge on any atom is 0.272 e. The third-order valence-corrected chi connectivity index (χ3v) is 6.74. The first-order valence-electron chi connectivity index (χ1n) is 12.3. The number of hydrogen-bond acceptors (Lipinski definition) is 7. The van der Waals surface area contributed by atoms with E-state index in [0.717, 1.165) is 4.90 Å². The van der Waals surface area contributed by atoms with Gasteiger partial charge in [-0.3, -0.25) is 14.4 Å². The van der Waals surface area contributed by atoms with Crippen LogP contribution in [0.5, 0.6) is 5.75 Å². The van der Waals surface area contributed by atoms with Gasteiger partial charge in [0.15, 0.2) is 5.82 Å². The van der Waals surface area contributed by atoms with E-state index in [4.69, 9.17) is 9.26 Å². The Balaban J connectivity index is 1.44. The van der Waals surface area contributed by atoms with Crippen LogP contribution in [-0.4, -0.2) is 35.2 Å². The number of hydrogen-bond donors (Lipinski definition) is 3. The van der Waals surface area contributed by atoms with E-state index in [2.05, 4.69) is 21.1 Å². The number of carbonyl (C=O) groups is 3. The molecule has 40 heavy (non-hydrogen) atoms. The number of nitrogens with one attached hydrogen (secondary N) is 3. The minimum atomic E-state index is -0.490. The van der Waals surface area contributed by atoms with Crippen molar-refractivity contribution < 1.29 is 23.6 Å². The largest absolute Gasteiger partial charge is 0.497 e. The van der Waals surface area contributed by atoms with E-state index in [9.17, 15) is 14.4 Å². The van der Waals surface area contributed by atoms with Crippen LogP contribution < -0.4 is 20.7 Å². The smallest absolute Gasteiger partial charge is 0.272 e. The fourth-order valence-electron chi connectivity index (χ4n) is 3.54. The van der Waals surface area contributed by atoms with Gasteiger partial charge in [-0.25, -0.2) is 0 Å². The van der Waals surface area contributed by atoms with E-state index in [-0.39, 0.29) is 11.6 Å². The van der Waals surface area contributed by atoms with E-state index in [1.165, 1.54) is 11.8 Å². The maximum atomic E-state index is 13.2. The molecule has 9 nitrogen and oxygen atoms in total. The standard InChI is InChI=1S/C30H28N4O5S/c1-19-17-27(34-39-19)33-28(35)20(2)40-25-15-11-23(12-16-25)31-30(37)26(18-21-9-13-24(38-3)14-10-21)32-29(36)22-7-5-4-6-8-22/h4-18,20H,1-3H3,(H,31,37)(H,32,36)(H,33,34,35)/b26-18-. The van der Waals surface area contributed by atoms with Gasteiger partial charge in [-0.15, -0.1) is 11.8 Å². The number of aryl methyl sites for hydroxylation is 1. The summed E-state index contributed by atoms with van der Waals surface area (Å²) in [6, 6.07) is 24.5.